The maximum Gasteiger partial charge on any atom is 0.151 e. The molecule has 1 aliphatic rings. The van der Waals surface area contributed by atoms with Crippen LogP contribution in [-0.2, 0) is 9.84 Å². The second kappa shape index (κ2) is 5.61. The molecule has 0 amide bonds. The van der Waals surface area contributed by atoms with Crippen molar-refractivity contribution in [1.82, 2.24) is 5.32 Å². The first kappa shape index (κ1) is 14.5. The van der Waals surface area contributed by atoms with Gasteiger partial charge in [-0.2, -0.15) is 0 Å². The van der Waals surface area contributed by atoms with E-state index in [0.29, 0.717) is 12.2 Å². The van der Waals surface area contributed by atoms with Crippen LogP contribution in [0.3, 0.4) is 0 Å². The number of halogens is 2. The van der Waals surface area contributed by atoms with E-state index in [-0.39, 0.29) is 17.8 Å². The number of benzene rings is 1. The van der Waals surface area contributed by atoms with Gasteiger partial charge in [0, 0.05) is 21.0 Å². The average molecular weight is 397 g/mol. The van der Waals surface area contributed by atoms with E-state index in [1.54, 1.807) is 0 Å². The van der Waals surface area contributed by atoms with Crippen molar-refractivity contribution in [3.8, 4) is 0 Å². The molecule has 1 heterocycles. The van der Waals surface area contributed by atoms with E-state index in [4.69, 9.17) is 0 Å². The summed E-state index contributed by atoms with van der Waals surface area (Å²) in [5.74, 6) is 0.560. The molecule has 0 spiro atoms. The van der Waals surface area contributed by atoms with Crippen LogP contribution in [0.1, 0.15) is 24.9 Å². The second-order valence-corrected chi connectivity index (χ2v) is 8.65. The Morgan fingerprint density at radius 3 is 2.67 bits per heavy atom. The van der Waals surface area contributed by atoms with Gasteiger partial charge in [0.1, 0.15) is 0 Å². The summed E-state index contributed by atoms with van der Waals surface area (Å²) in [4.78, 5) is 0. The Balaban J connectivity index is 2.06. The summed E-state index contributed by atoms with van der Waals surface area (Å²) in [5.41, 5.74) is 1.14. The summed E-state index contributed by atoms with van der Waals surface area (Å²) < 4.78 is 24.9. The largest absolute Gasteiger partial charge is 0.306 e. The van der Waals surface area contributed by atoms with Gasteiger partial charge in [-0.1, -0.05) is 37.9 Å². The van der Waals surface area contributed by atoms with E-state index in [9.17, 15) is 8.42 Å². The molecule has 100 valence electrons. The van der Waals surface area contributed by atoms with Gasteiger partial charge >= 0.3 is 0 Å². The minimum absolute atomic E-state index is 0.0700. The molecule has 2 rings (SSSR count). The number of hydrogen-bond donors (Lipinski definition) is 1. The van der Waals surface area contributed by atoms with Crippen molar-refractivity contribution in [2.24, 2.45) is 0 Å². The Morgan fingerprint density at radius 1 is 1.39 bits per heavy atom. The molecule has 0 saturated carbocycles. The first-order valence-electron chi connectivity index (χ1n) is 5.79. The highest BCUT2D eigenvalue weighted by Gasteiger charge is 2.28. The lowest BCUT2D eigenvalue weighted by Gasteiger charge is -2.20. The number of hydrogen-bond acceptors (Lipinski definition) is 3. The molecule has 6 heteroatoms. The molecule has 2 unspecified atom stereocenters. The SMILES string of the molecule is CC(NC1CCS(=O)(=O)C1)c1ccc(Br)cc1Br. The van der Waals surface area contributed by atoms with Crippen LogP contribution < -0.4 is 5.32 Å². The minimum atomic E-state index is -2.82. The maximum absolute atomic E-state index is 11.4. The normalized spacial score (nSPS) is 24.1. The van der Waals surface area contributed by atoms with Crippen molar-refractivity contribution in [2.45, 2.75) is 25.4 Å². The van der Waals surface area contributed by atoms with E-state index in [1.807, 2.05) is 18.2 Å². The zero-order chi connectivity index (χ0) is 13.3. The minimum Gasteiger partial charge on any atom is -0.306 e. The maximum atomic E-state index is 11.4. The number of sulfone groups is 1. The molecule has 1 aromatic rings. The molecule has 18 heavy (non-hydrogen) atoms. The summed E-state index contributed by atoms with van der Waals surface area (Å²) in [6.07, 6.45) is 0.709. The Kier molecular flexibility index (Phi) is 4.52. The monoisotopic (exact) mass is 395 g/mol. The Bertz CT molecular complexity index is 545. The molecule has 0 radical (unpaired) electrons. The van der Waals surface area contributed by atoms with Gasteiger partial charge in [-0.3, -0.25) is 0 Å². The van der Waals surface area contributed by atoms with Crippen molar-refractivity contribution < 1.29 is 8.42 Å². The van der Waals surface area contributed by atoms with E-state index >= 15 is 0 Å². The van der Waals surface area contributed by atoms with Crippen molar-refractivity contribution in [3.05, 3.63) is 32.7 Å². The molecule has 2 atom stereocenters. The van der Waals surface area contributed by atoms with Gasteiger partial charge < -0.3 is 5.32 Å². The summed E-state index contributed by atoms with van der Waals surface area (Å²) in [6.45, 7) is 2.05. The van der Waals surface area contributed by atoms with Crippen LogP contribution in [0.4, 0.5) is 0 Å². The van der Waals surface area contributed by atoms with Crippen LogP contribution in [0.5, 0.6) is 0 Å². The van der Waals surface area contributed by atoms with Crippen molar-refractivity contribution in [1.29, 1.82) is 0 Å². The molecule has 1 fully saturated rings. The van der Waals surface area contributed by atoms with Crippen LogP contribution in [0, 0.1) is 0 Å². The number of nitrogens with one attached hydrogen (secondary N) is 1. The molecule has 0 bridgehead atoms. The molecule has 1 aromatic carbocycles. The molecule has 0 aromatic heterocycles. The van der Waals surface area contributed by atoms with E-state index in [0.717, 1.165) is 14.5 Å². The van der Waals surface area contributed by atoms with Crippen molar-refractivity contribution >= 4 is 41.7 Å². The summed E-state index contributed by atoms with van der Waals surface area (Å²) >= 11 is 6.95. The van der Waals surface area contributed by atoms with E-state index in [2.05, 4.69) is 44.1 Å². The Hall–Kier alpha value is 0.0900. The Morgan fingerprint density at radius 2 is 2.11 bits per heavy atom. The fraction of sp³-hybridized carbons (Fsp3) is 0.500. The molecule has 0 aliphatic carbocycles. The van der Waals surface area contributed by atoms with Gasteiger partial charge in [-0.25, -0.2) is 8.42 Å². The lowest BCUT2D eigenvalue weighted by Crippen LogP contribution is -2.32. The topological polar surface area (TPSA) is 46.2 Å². The van der Waals surface area contributed by atoms with E-state index in [1.165, 1.54) is 0 Å². The van der Waals surface area contributed by atoms with Gasteiger partial charge in [-0.05, 0) is 31.0 Å². The van der Waals surface area contributed by atoms with Crippen LogP contribution >= 0.6 is 31.9 Å². The molecular formula is C12H15Br2NO2S. The fourth-order valence-corrected chi connectivity index (χ4v) is 5.30. The van der Waals surface area contributed by atoms with E-state index < -0.39 is 9.84 Å². The highest BCUT2D eigenvalue weighted by molar-refractivity contribution is 9.11. The van der Waals surface area contributed by atoms with Crippen LogP contribution in [0.15, 0.2) is 27.1 Å². The zero-order valence-electron chi connectivity index (χ0n) is 9.99. The summed E-state index contributed by atoms with van der Waals surface area (Å²) in [5, 5.41) is 3.39. The van der Waals surface area contributed by atoms with Gasteiger partial charge in [-0.15, -0.1) is 0 Å². The third kappa shape index (κ3) is 3.56. The van der Waals surface area contributed by atoms with Crippen molar-refractivity contribution in [2.75, 3.05) is 11.5 Å². The van der Waals surface area contributed by atoms with Crippen LogP contribution in [-0.4, -0.2) is 26.0 Å². The molecule has 1 aliphatic heterocycles. The average Bonchev–Trinajstić information content (AvgIpc) is 2.57. The zero-order valence-corrected chi connectivity index (χ0v) is 14.0. The third-order valence-corrected chi connectivity index (χ3v) is 6.10. The predicted molar refractivity (Wildman–Crippen MR) is 80.5 cm³/mol. The molecule has 1 saturated heterocycles. The Labute approximate surface area is 125 Å². The third-order valence-electron chi connectivity index (χ3n) is 3.15. The second-order valence-electron chi connectivity index (χ2n) is 4.65. The van der Waals surface area contributed by atoms with Crippen molar-refractivity contribution in [3.63, 3.8) is 0 Å². The van der Waals surface area contributed by atoms with Gasteiger partial charge in [0.2, 0.25) is 0 Å². The number of rotatable bonds is 3. The summed E-state index contributed by atoms with van der Waals surface area (Å²) in [7, 11) is -2.82. The molecular weight excluding hydrogens is 382 g/mol. The van der Waals surface area contributed by atoms with Gasteiger partial charge in [0.05, 0.1) is 11.5 Å². The van der Waals surface area contributed by atoms with Crippen LogP contribution in [0.2, 0.25) is 0 Å². The highest BCUT2D eigenvalue weighted by Crippen LogP contribution is 2.27. The van der Waals surface area contributed by atoms with Crippen LogP contribution in [0.25, 0.3) is 0 Å². The standard InChI is InChI=1S/C12H15Br2NO2S/c1-8(11-3-2-9(13)6-12(11)14)15-10-4-5-18(16,17)7-10/h2-3,6,8,10,15H,4-5,7H2,1H3. The predicted octanol–water partition coefficient (Wildman–Crippen LogP) is 3.05. The summed E-state index contributed by atoms with van der Waals surface area (Å²) in [6, 6.07) is 6.23. The van der Waals surface area contributed by atoms with Gasteiger partial charge in [0.15, 0.2) is 9.84 Å². The first-order valence-corrected chi connectivity index (χ1v) is 9.19. The first-order chi connectivity index (χ1) is 8.37. The van der Waals surface area contributed by atoms with Gasteiger partial charge in [0.25, 0.3) is 0 Å². The lowest BCUT2D eigenvalue weighted by molar-refractivity contribution is 0.484. The lowest BCUT2D eigenvalue weighted by atomic mass is 10.1. The fourth-order valence-electron chi connectivity index (χ4n) is 2.22. The molecule has 3 nitrogen and oxygen atoms in total. The smallest absolute Gasteiger partial charge is 0.151 e. The quantitative estimate of drug-likeness (QED) is 0.853. The molecule has 1 N–H and O–H groups in total. The highest BCUT2D eigenvalue weighted by atomic mass is 79.9.